The fourth-order valence-corrected chi connectivity index (χ4v) is 3.88. The number of carbonyl (C=O) groups excluding carboxylic acids is 1. The third kappa shape index (κ3) is 14.3. The Morgan fingerprint density at radius 1 is 0.739 bits per heavy atom. The Labute approximate surface area is 144 Å². The normalized spacial score (nSPS) is 13.9. The van der Waals surface area contributed by atoms with Gasteiger partial charge in [0.05, 0.1) is 5.76 Å². The summed E-state index contributed by atoms with van der Waals surface area (Å²) in [5.41, 5.74) is 0. The highest BCUT2D eigenvalue weighted by atomic mass is 28.4. The van der Waals surface area contributed by atoms with Gasteiger partial charge in [-0.1, -0.05) is 6.58 Å². The van der Waals surface area contributed by atoms with Gasteiger partial charge in [0.15, 0.2) is 0 Å². The zero-order valence-corrected chi connectivity index (χ0v) is 19.1. The fourth-order valence-electron chi connectivity index (χ4n) is 1.53. The van der Waals surface area contributed by atoms with Crippen LogP contribution < -0.4 is 0 Å². The molecule has 132 valence electrons. The summed E-state index contributed by atoms with van der Waals surface area (Å²) in [5, 5.41) is 0. The average Bonchev–Trinajstić information content (AvgIpc) is 2.18. The Morgan fingerprint density at radius 2 is 1.17 bits per heavy atom. The SMILES string of the molecule is C=C(/C=C(/C=C/C(=O)O[Si](C)(C)C)O[Si](C)(C)C)O[Si](C)(C)C. The van der Waals surface area contributed by atoms with E-state index in [4.69, 9.17) is 13.3 Å². The van der Waals surface area contributed by atoms with Crippen molar-refractivity contribution in [2.75, 3.05) is 0 Å². The summed E-state index contributed by atoms with van der Waals surface area (Å²) in [6, 6.07) is 0. The molecule has 0 amide bonds. The lowest BCUT2D eigenvalue weighted by molar-refractivity contribution is -0.129. The van der Waals surface area contributed by atoms with E-state index in [9.17, 15) is 4.79 Å². The smallest absolute Gasteiger partial charge is 0.317 e. The van der Waals surface area contributed by atoms with E-state index >= 15 is 0 Å². The molecule has 0 aromatic rings. The number of rotatable bonds is 8. The lowest BCUT2D eigenvalue weighted by atomic mass is 10.3. The van der Waals surface area contributed by atoms with Gasteiger partial charge in [0.2, 0.25) is 25.0 Å². The van der Waals surface area contributed by atoms with E-state index in [2.05, 4.69) is 45.9 Å². The maximum Gasteiger partial charge on any atom is 0.317 e. The highest BCUT2D eigenvalue weighted by Gasteiger charge is 2.20. The van der Waals surface area contributed by atoms with Crippen molar-refractivity contribution < 1.29 is 18.1 Å². The first-order valence-electron chi connectivity index (χ1n) is 7.77. The quantitative estimate of drug-likeness (QED) is 0.260. The van der Waals surface area contributed by atoms with Gasteiger partial charge in [0.1, 0.15) is 5.76 Å². The minimum Gasteiger partial charge on any atom is -0.545 e. The highest BCUT2D eigenvalue weighted by Crippen LogP contribution is 2.17. The van der Waals surface area contributed by atoms with Crippen molar-refractivity contribution in [2.24, 2.45) is 0 Å². The van der Waals surface area contributed by atoms with Gasteiger partial charge in [0.25, 0.3) is 0 Å². The average molecular weight is 373 g/mol. The number of carbonyl (C=O) groups is 1. The van der Waals surface area contributed by atoms with Crippen molar-refractivity contribution in [1.82, 2.24) is 0 Å². The molecule has 0 aliphatic carbocycles. The van der Waals surface area contributed by atoms with Crippen LogP contribution in [0.25, 0.3) is 0 Å². The maximum atomic E-state index is 11.9. The molecule has 0 fully saturated rings. The summed E-state index contributed by atoms with van der Waals surface area (Å²) in [6.45, 7) is 22.3. The van der Waals surface area contributed by atoms with Crippen molar-refractivity contribution in [3.63, 3.8) is 0 Å². The first-order chi connectivity index (χ1) is 10.1. The maximum absolute atomic E-state index is 11.9. The molecule has 23 heavy (non-hydrogen) atoms. The van der Waals surface area contributed by atoms with Gasteiger partial charge in [-0.3, -0.25) is 0 Å². The van der Waals surface area contributed by atoms with Crippen LogP contribution in [0, 0.1) is 0 Å². The number of hydrogen-bond donors (Lipinski definition) is 0. The van der Waals surface area contributed by atoms with Crippen molar-refractivity contribution >= 4 is 30.9 Å². The van der Waals surface area contributed by atoms with Crippen LogP contribution in [0.15, 0.2) is 36.3 Å². The lowest BCUT2D eigenvalue weighted by Crippen LogP contribution is -2.28. The minimum atomic E-state index is -1.89. The Kier molecular flexibility index (Phi) is 7.79. The summed E-state index contributed by atoms with van der Waals surface area (Å²) in [5.74, 6) is 0.798. The summed E-state index contributed by atoms with van der Waals surface area (Å²) < 4.78 is 17.2. The number of allylic oxidation sites excluding steroid dienone is 2. The van der Waals surface area contributed by atoms with Crippen molar-refractivity contribution in [3.8, 4) is 0 Å². The zero-order chi connectivity index (χ0) is 18.5. The molecule has 0 heterocycles. The largest absolute Gasteiger partial charge is 0.545 e. The molecule has 0 spiro atoms. The van der Waals surface area contributed by atoms with Crippen molar-refractivity contribution in [3.05, 3.63) is 36.3 Å². The van der Waals surface area contributed by atoms with E-state index < -0.39 is 25.0 Å². The van der Waals surface area contributed by atoms with Gasteiger partial charge in [-0.15, -0.1) is 0 Å². The molecule has 0 aliphatic heterocycles. The Morgan fingerprint density at radius 3 is 1.57 bits per heavy atom. The molecule has 7 heteroatoms. The van der Waals surface area contributed by atoms with Crippen LogP contribution in [0.4, 0.5) is 0 Å². The monoisotopic (exact) mass is 372 g/mol. The predicted octanol–water partition coefficient (Wildman–Crippen LogP) is 5.02. The molecule has 0 rings (SSSR count). The molecule has 0 radical (unpaired) electrons. The second-order valence-corrected chi connectivity index (χ2v) is 21.6. The van der Waals surface area contributed by atoms with E-state index in [1.807, 2.05) is 19.6 Å². The first kappa shape index (κ1) is 21.9. The molecule has 0 saturated carbocycles. The second-order valence-electron chi connectivity index (χ2n) is 8.31. The molecule has 0 aromatic heterocycles. The Balaban J connectivity index is 5.16. The van der Waals surface area contributed by atoms with E-state index in [1.165, 1.54) is 6.08 Å². The third-order valence-electron chi connectivity index (χ3n) is 1.96. The van der Waals surface area contributed by atoms with Crippen LogP contribution in [0.1, 0.15) is 0 Å². The van der Waals surface area contributed by atoms with Gasteiger partial charge in [-0.25, -0.2) is 4.79 Å². The third-order valence-corrected chi connectivity index (χ3v) is 4.49. The standard InChI is InChI=1S/C16H32O4Si3/c1-14(18-21(2,3)4)13-15(19-22(5,6)7)11-12-16(17)20-23(8,9)10/h11-13H,1H2,2-10H3/b12-11+,15-13-. The zero-order valence-electron chi connectivity index (χ0n) is 16.1. The molecule has 0 aromatic carbocycles. The molecular weight excluding hydrogens is 340 g/mol. The van der Waals surface area contributed by atoms with Crippen LogP contribution in [-0.2, 0) is 18.1 Å². The summed E-state index contributed by atoms with van der Waals surface area (Å²) in [7, 11) is -5.43. The molecule has 0 unspecified atom stereocenters. The molecule has 0 saturated heterocycles. The highest BCUT2D eigenvalue weighted by molar-refractivity contribution is 6.71. The molecular formula is C16H32O4Si3. The molecule has 0 atom stereocenters. The van der Waals surface area contributed by atoms with Crippen LogP contribution >= 0.6 is 0 Å². The fraction of sp³-hybridized carbons (Fsp3) is 0.562. The van der Waals surface area contributed by atoms with Gasteiger partial charge >= 0.3 is 5.97 Å². The van der Waals surface area contributed by atoms with E-state index in [1.54, 1.807) is 12.2 Å². The summed E-state index contributed by atoms with van der Waals surface area (Å²) in [4.78, 5) is 11.9. The summed E-state index contributed by atoms with van der Waals surface area (Å²) in [6.07, 6.45) is 4.79. The molecule has 0 aliphatic rings. The van der Waals surface area contributed by atoms with Crippen LogP contribution in [-0.4, -0.2) is 30.9 Å². The summed E-state index contributed by atoms with van der Waals surface area (Å²) >= 11 is 0. The predicted molar refractivity (Wildman–Crippen MR) is 105 cm³/mol. The second kappa shape index (κ2) is 8.16. The van der Waals surface area contributed by atoms with E-state index in [-0.39, 0.29) is 5.97 Å². The van der Waals surface area contributed by atoms with Crippen LogP contribution in [0.5, 0.6) is 0 Å². The number of hydrogen-bond acceptors (Lipinski definition) is 4. The van der Waals surface area contributed by atoms with Gasteiger partial charge in [-0.2, -0.15) is 0 Å². The van der Waals surface area contributed by atoms with Gasteiger partial charge < -0.3 is 13.3 Å². The topological polar surface area (TPSA) is 44.8 Å². The molecule has 4 nitrogen and oxygen atoms in total. The Bertz CT molecular complexity index is 489. The van der Waals surface area contributed by atoms with Crippen molar-refractivity contribution in [2.45, 2.75) is 58.9 Å². The minimum absolute atomic E-state index is 0.342. The van der Waals surface area contributed by atoms with E-state index in [0.717, 1.165) is 0 Å². The van der Waals surface area contributed by atoms with Gasteiger partial charge in [0, 0.05) is 12.2 Å². The van der Waals surface area contributed by atoms with Crippen LogP contribution in [0.2, 0.25) is 58.9 Å². The molecule has 0 bridgehead atoms. The van der Waals surface area contributed by atoms with Gasteiger partial charge in [-0.05, 0) is 65.0 Å². The lowest BCUT2D eigenvalue weighted by Gasteiger charge is -2.23. The van der Waals surface area contributed by atoms with Crippen LogP contribution in [0.3, 0.4) is 0 Å². The Hall–Kier alpha value is -1.06. The van der Waals surface area contributed by atoms with E-state index in [0.29, 0.717) is 11.5 Å². The molecule has 0 N–H and O–H groups in total. The first-order valence-corrected chi connectivity index (χ1v) is 18.0. The van der Waals surface area contributed by atoms with Crippen molar-refractivity contribution in [1.29, 1.82) is 0 Å².